The summed E-state index contributed by atoms with van der Waals surface area (Å²) in [6.45, 7) is 0. The van der Waals surface area contributed by atoms with Crippen LogP contribution < -0.4 is 5.32 Å². The zero-order valence-corrected chi connectivity index (χ0v) is 9.71. The third-order valence-electron chi connectivity index (χ3n) is 2.56. The molecule has 2 aromatic heterocycles. The predicted octanol–water partition coefficient (Wildman–Crippen LogP) is 2.17. The number of imidazole rings is 1. The maximum atomic E-state index is 5.21. The zero-order chi connectivity index (χ0) is 12.4. The Morgan fingerprint density at radius 2 is 2.06 bits per heavy atom. The molecule has 2 N–H and O–H groups in total. The van der Waals surface area contributed by atoms with Crippen LogP contribution in [0, 0.1) is 0 Å². The molecule has 0 aliphatic heterocycles. The van der Waals surface area contributed by atoms with Crippen molar-refractivity contribution in [2.45, 2.75) is 0 Å². The average molecular weight is 241 g/mol. The molecular formula is C12H11N5O. The highest BCUT2D eigenvalue weighted by Crippen LogP contribution is 2.21. The van der Waals surface area contributed by atoms with Gasteiger partial charge in [-0.15, -0.1) is 0 Å². The van der Waals surface area contributed by atoms with Crippen LogP contribution in [0.5, 0.6) is 0 Å². The number of hydrogen-bond acceptors (Lipinski definition) is 5. The van der Waals surface area contributed by atoms with Gasteiger partial charge in [-0.1, -0.05) is 5.16 Å². The number of rotatable bonds is 3. The van der Waals surface area contributed by atoms with Gasteiger partial charge in [0.1, 0.15) is 0 Å². The molecule has 0 unspecified atom stereocenters. The van der Waals surface area contributed by atoms with E-state index in [1.807, 2.05) is 31.3 Å². The highest BCUT2D eigenvalue weighted by Gasteiger charge is 2.11. The SMILES string of the molecule is CNc1ccc(-c2nc(-c3ncc[nH]3)no2)cc1. The summed E-state index contributed by atoms with van der Waals surface area (Å²) in [5.41, 5.74) is 1.91. The molecule has 6 nitrogen and oxygen atoms in total. The first-order chi connectivity index (χ1) is 8.86. The van der Waals surface area contributed by atoms with Crippen molar-refractivity contribution in [2.75, 3.05) is 12.4 Å². The molecule has 2 heterocycles. The highest BCUT2D eigenvalue weighted by atomic mass is 16.5. The van der Waals surface area contributed by atoms with E-state index in [0.29, 0.717) is 17.5 Å². The zero-order valence-electron chi connectivity index (χ0n) is 9.71. The van der Waals surface area contributed by atoms with Gasteiger partial charge < -0.3 is 14.8 Å². The molecule has 0 aliphatic rings. The molecule has 0 spiro atoms. The molecule has 1 aromatic carbocycles. The van der Waals surface area contributed by atoms with E-state index in [0.717, 1.165) is 11.3 Å². The third kappa shape index (κ3) is 1.84. The number of benzene rings is 1. The molecule has 0 aliphatic carbocycles. The Balaban J connectivity index is 1.92. The molecule has 0 bridgehead atoms. The summed E-state index contributed by atoms with van der Waals surface area (Å²) >= 11 is 0. The van der Waals surface area contributed by atoms with Crippen molar-refractivity contribution >= 4 is 5.69 Å². The number of H-pyrrole nitrogens is 1. The second-order valence-electron chi connectivity index (χ2n) is 3.69. The van der Waals surface area contributed by atoms with Gasteiger partial charge in [-0.25, -0.2) is 4.98 Å². The number of nitrogens with one attached hydrogen (secondary N) is 2. The van der Waals surface area contributed by atoms with Crippen LogP contribution in [0.15, 0.2) is 41.2 Å². The van der Waals surface area contributed by atoms with Gasteiger partial charge in [0.25, 0.3) is 5.89 Å². The van der Waals surface area contributed by atoms with E-state index < -0.39 is 0 Å². The molecule has 6 heteroatoms. The lowest BCUT2D eigenvalue weighted by atomic mass is 10.2. The van der Waals surface area contributed by atoms with E-state index in [-0.39, 0.29) is 0 Å². The van der Waals surface area contributed by atoms with Gasteiger partial charge in [0.15, 0.2) is 5.82 Å². The minimum absolute atomic E-state index is 0.452. The summed E-state index contributed by atoms with van der Waals surface area (Å²) in [6, 6.07) is 7.74. The summed E-state index contributed by atoms with van der Waals surface area (Å²) in [4.78, 5) is 11.3. The fourth-order valence-corrected chi connectivity index (χ4v) is 1.60. The van der Waals surface area contributed by atoms with Gasteiger partial charge in [0.05, 0.1) is 0 Å². The van der Waals surface area contributed by atoms with E-state index in [1.54, 1.807) is 12.4 Å². The molecule has 3 aromatic rings. The van der Waals surface area contributed by atoms with Crippen LogP contribution in [0.3, 0.4) is 0 Å². The highest BCUT2D eigenvalue weighted by molar-refractivity contribution is 5.59. The van der Waals surface area contributed by atoms with Crippen molar-refractivity contribution < 1.29 is 4.52 Å². The first kappa shape index (κ1) is 10.5. The fourth-order valence-electron chi connectivity index (χ4n) is 1.60. The lowest BCUT2D eigenvalue weighted by Crippen LogP contribution is -1.87. The second kappa shape index (κ2) is 4.33. The van der Waals surface area contributed by atoms with Crippen LogP contribution in [-0.2, 0) is 0 Å². The van der Waals surface area contributed by atoms with Gasteiger partial charge in [-0.3, -0.25) is 0 Å². The van der Waals surface area contributed by atoms with Gasteiger partial charge in [0, 0.05) is 30.7 Å². The number of aromatic nitrogens is 4. The minimum atomic E-state index is 0.452. The lowest BCUT2D eigenvalue weighted by molar-refractivity contribution is 0.432. The van der Waals surface area contributed by atoms with Crippen molar-refractivity contribution in [1.29, 1.82) is 0 Å². The van der Waals surface area contributed by atoms with E-state index in [9.17, 15) is 0 Å². The van der Waals surface area contributed by atoms with Gasteiger partial charge in [0.2, 0.25) is 5.82 Å². The maximum absolute atomic E-state index is 5.21. The topological polar surface area (TPSA) is 79.6 Å². The summed E-state index contributed by atoms with van der Waals surface area (Å²) in [7, 11) is 1.87. The fraction of sp³-hybridized carbons (Fsp3) is 0.0833. The van der Waals surface area contributed by atoms with Crippen molar-refractivity contribution in [2.24, 2.45) is 0 Å². The van der Waals surface area contributed by atoms with Crippen LogP contribution >= 0.6 is 0 Å². The minimum Gasteiger partial charge on any atom is -0.388 e. The van der Waals surface area contributed by atoms with Gasteiger partial charge in [-0.05, 0) is 24.3 Å². The number of anilines is 1. The van der Waals surface area contributed by atoms with Crippen molar-refractivity contribution in [3.8, 4) is 23.1 Å². The van der Waals surface area contributed by atoms with E-state index in [1.165, 1.54) is 0 Å². The Morgan fingerprint density at radius 1 is 1.22 bits per heavy atom. The Morgan fingerprint density at radius 3 is 2.72 bits per heavy atom. The Hall–Kier alpha value is -2.63. The molecular weight excluding hydrogens is 230 g/mol. The summed E-state index contributed by atoms with van der Waals surface area (Å²) < 4.78 is 5.21. The molecule has 0 saturated carbocycles. The monoisotopic (exact) mass is 241 g/mol. The molecule has 3 rings (SSSR count). The number of aromatic amines is 1. The molecule has 0 radical (unpaired) electrons. The van der Waals surface area contributed by atoms with Crippen LogP contribution in [0.2, 0.25) is 0 Å². The van der Waals surface area contributed by atoms with Crippen LogP contribution in [0.1, 0.15) is 0 Å². The third-order valence-corrected chi connectivity index (χ3v) is 2.56. The lowest BCUT2D eigenvalue weighted by Gasteiger charge is -1.99. The molecule has 0 amide bonds. The first-order valence-electron chi connectivity index (χ1n) is 5.48. The second-order valence-corrected chi connectivity index (χ2v) is 3.69. The van der Waals surface area contributed by atoms with Crippen molar-refractivity contribution in [1.82, 2.24) is 20.1 Å². The first-order valence-corrected chi connectivity index (χ1v) is 5.48. The van der Waals surface area contributed by atoms with E-state index in [4.69, 9.17) is 4.52 Å². The normalized spacial score (nSPS) is 10.5. The van der Waals surface area contributed by atoms with E-state index in [2.05, 4.69) is 25.4 Å². The van der Waals surface area contributed by atoms with Crippen LogP contribution in [-0.4, -0.2) is 27.2 Å². The number of nitrogens with zero attached hydrogens (tertiary/aromatic N) is 3. The summed E-state index contributed by atoms with van der Waals surface area (Å²) in [5.74, 6) is 1.52. The van der Waals surface area contributed by atoms with Gasteiger partial charge >= 0.3 is 0 Å². The molecule has 0 atom stereocenters. The Bertz CT molecular complexity index is 627. The molecule has 0 fully saturated rings. The summed E-state index contributed by atoms with van der Waals surface area (Å²) in [6.07, 6.45) is 3.36. The number of hydrogen-bond donors (Lipinski definition) is 2. The van der Waals surface area contributed by atoms with Crippen molar-refractivity contribution in [3.63, 3.8) is 0 Å². The Kier molecular flexibility index (Phi) is 2.53. The molecule has 0 saturated heterocycles. The average Bonchev–Trinajstić information content (AvgIpc) is 3.09. The maximum Gasteiger partial charge on any atom is 0.258 e. The molecule has 90 valence electrons. The largest absolute Gasteiger partial charge is 0.388 e. The smallest absolute Gasteiger partial charge is 0.258 e. The standard InChI is InChI=1S/C12H11N5O/c1-13-9-4-2-8(3-5-9)12-16-11(17-18-12)10-14-6-7-15-10/h2-7,13H,1H3,(H,14,15). The van der Waals surface area contributed by atoms with Gasteiger partial charge in [-0.2, -0.15) is 4.98 Å². The van der Waals surface area contributed by atoms with Crippen molar-refractivity contribution in [3.05, 3.63) is 36.7 Å². The van der Waals surface area contributed by atoms with E-state index >= 15 is 0 Å². The quantitative estimate of drug-likeness (QED) is 0.734. The predicted molar refractivity (Wildman–Crippen MR) is 66.9 cm³/mol. The van der Waals surface area contributed by atoms with Crippen LogP contribution in [0.4, 0.5) is 5.69 Å². The summed E-state index contributed by atoms with van der Waals surface area (Å²) in [5, 5.41) is 6.93. The Labute approximate surface area is 103 Å². The molecule has 18 heavy (non-hydrogen) atoms. The van der Waals surface area contributed by atoms with Crippen LogP contribution in [0.25, 0.3) is 23.1 Å².